The van der Waals surface area contributed by atoms with Gasteiger partial charge in [0, 0.05) is 19.3 Å². The summed E-state index contributed by atoms with van der Waals surface area (Å²) in [6, 6.07) is 2.04. The van der Waals surface area contributed by atoms with Crippen LogP contribution >= 0.6 is 0 Å². The summed E-state index contributed by atoms with van der Waals surface area (Å²) in [5, 5.41) is 12.2. The number of aryl methyl sites for hydroxylation is 1. The van der Waals surface area contributed by atoms with Crippen molar-refractivity contribution >= 4 is 22.8 Å². The summed E-state index contributed by atoms with van der Waals surface area (Å²) in [7, 11) is 1.64. The molecule has 0 fully saturated rings. The number of carboxylic acids is 1. The van der Waals surface area contributed by atoms with Crippen molar-refractivity contribution < 1.29 is 9.90 Å². The van der Waals surface area contributed by atoms with E-state index in [1.54, 1.807) is 19.3 Å². The van der Waals surface area contributed by atoms with Gasteiger partial charge in [0.15, 0.2) is 5.65 Å². The van der Waals surface area contributed by atoms with Crippen molar-refractivity contribution in [3.05, 3.63) is 18.1 Å². The Morgan fingerprint density at radius 1 is 1.53 bits per heavy atom. The summed E-state index contributed by atoms with van der Waals surface area (Å²) in [5.41, 5.74) is 1.95. The fourth-order valence-corrected chi connectivity index (χ4v) is 1.70. The van der Waals surface area contributed by atoms with Gasteiger partial charge in [-0.15, -0.1) is 0 Å². The normalized spacial score (nSPS) is 11.1. The number of aromatic nitrogens is 3. The van der Waals surface area contributed by atoms with Crippen molar-refractivity contribution in [1.29, 1.82) is 0 Å². The van der Waals surface area contributed by atoms with Gasteiger partial charge in [-0.05, 0) is 19.9 Å². The number of rotatable bonds is 3. The van der Waals surface area contributed by atoms with Crippen molar-refractivity contribution in [1.82, 2.24) is 14.5 Å². The first kappa shape index (κ1) is 11.4. The highest BCUT2D eigenvalue weighted by Crippen LogP contribution is 2.21. The minimum absolute atomic E-state index is 0.00879. The number of carboxylic acid groups (broad SMARTS) is 1. The van der Waals surface area contributed by atoms with Crippen LogP contribution in [0.2, 0.25) is 0 Å². The Kier molecular flexibility index (Phi) is 2.71. The van der Waals surface area contributed by atoms with Gasteiger partial charge in [-0.3, -0.25) is 0 Å². The molecule has 0 radical (unpaired) electrons. The van der Waals surface area contributed by atoms with Crippen LogP contribution in [0.15, 0.2) is 12.3 Å². The van der Waals surface area contributed by atoms with Crippen molar-refractivity contribution in [2.24, 2.45) is 7.05 Å². The van der Waals surface area contributed by atoms with Crippen LogP contribution in [0.4, 0.5) is 5.69 Å². The first-order chi connectivity index (χ1) is 8.00. The Balaban J connectivity index is 2.64. The average molecular weight is 234 g/mol. The zero-order valence-corrected chi connectivity index (χ0v) is 9.93. The van der Waals surface area contributed by atoms with E-state index < -0.39 is 5.97 Å². The summed E-state index contributed by atoms with van der Waals surface area (Å²) in [5.74, 6) is -1.06. The molecule has 0 spiro atoms. The van der Waals surface area contributed by atoms with Crippen molar-refractivity contribution in [2.45, 2.75) is 19.9 Å². The molecule has 6 nitrogen and oxygen atoms in total. The third kappa shape index (κ3) is 1.93. The molecule has 0 bridgehead atoms. The van der Waals surface area contributed by atoms with Crippen LogP contribution in [0.3, 0.4) is 0 Å². The van der Waals surface area contributed by atoms with E-state index in [2.05, 4.69) is 15.3 Å². The number of imidazole rings is 1. The minimum atomic E-state index is -1.05. The molecule has 0 atom stereocenters. The van der Waals surface area contributed by atoms with Crippen LogP contribution in [0, 0.1) is 0 Å². The largest absolute Gasteiger partial charge is 0.475 e. The van der Waals surface area contributed by atoms with Crippen molar-refractivity contribution in [2.75, 3.05) is 5.32 Å². The van der Waals surface area contributed by atoms with Gasteiger partial charge in [-0.1, -0.05) is 0 Å². The highest BCUT2D eigenvalue weighted by Gasteiger charge is 2.17. The van der Waals surface area contributed by atoms with E-state index >= 15 is 0 Å². The lowest BCUT2D eigenvalue weighted by Gasteiger charge is -2.09. The highest BCUT2D eigenvalue weighted by molar-refractivity contribution is 5.93. The molecule has 2 rings (SSSR count). The van der Waals surface area contributed by atoms with Gasteiger partial charge < -0.3 is 15.0 Å². The van der Waals surface area contributed by atoms with Crippen molar-refractivity contribution in [3.8, 4) is 0 Å². The molecule has 6 heteroatoms. The maximum Gasteiger partial charge on any atom is 0.372 e. The van der Waals surface area contributed by atoms with Crippen LogP contribution in [-0.2, 0) is 7.05 Å². The smallest absolute Gasteiger partial charge is 0.372 e. The van der Waals surface area contributed by atoms with Gasteiger partial charge >= 0.3 is 5.97 Å². The predicted octanol–water partition coefficient (Wildman–Crippen LogP) is 1.49. The second-order valence-corrected chi connectivity index (χ2v) is 4.13. The number of pyridine rings is 1. The predicted molar refractivity (Wildman–Crippen MR) is 64.2 cm³/mol. The summed E-state index contributed by atoms with van der Waals surface area (Å²) >= 11 is 0. The topological polar surface area (TPSA) is 80.0 Å². The number of nitrogens with zero attached hydrogens (tertiary/aromatic N) is 3. The van der Waals surface area contributed by atoms with E-state index in [0.29, 0.717) is 11.2 Å². The summed E-state index contributed by atoms with van der Waals surface area (Å²) in [4.78, 5) is 19.2. The fourth-order valence-electron chi connectivity index (χ4n) is 1.70. The SMILES string of the molecule is CC(C)Nc1ccnc2c1nc(C(=O)O)n2C. The zero-order valence-electron chi connectivity index (χ0n) is 9.93. The lowest BCUT2D eigenvalue weighted by Crippen LogP contribution is -2.10. The van der Waals surface area contributed by atoms with Gasteiger partial charge in [0.05, 0.1) is 5.69 Å². The average Bonchev–Trinajstić information content (AvgIpc) is 2.57. The first-order valence-electron chi connectivity index (χ1n) is 5.32. The molecule has 0 unspecified atom stereocenters. The molecule has 2 aromatic rings. The molecule has 2 heterocycles. The van der Waals surface area contributed by atoms with Crippen molar-refractivity contribution in [3.63, 3.8) is 0 Å². The van der Waals surface area contributed by atoms with E-state index in [1.807, 2.05) is 13.8 Å². The van der Waals surface area contributed by atoms with E-state index in [1.165, 1.54) is 4.57 Å². The monoisotopic (exact) mass is 234 g/mol. The Morgan fingerprint density at radius 2 is 2.24 bits per heavy atom. The number of anilines is 1. The van der Waals surface area contributed by atoms with Gasteiger partial charge in [0.2, 0.25) is 5.82 Å². The summed E-state index contributed by atoms with van der Waals surface area (Å²) < 4.78 is 1.48. The van der Waals surface area contributed by atoms with Crippen LogP contribution in [-0.4, -0.2) is 31.7 Å². The molecule has 0 aliphatic carbocycles. The summed E-state index contributed by atoms with van der Waals surface area (Å²) in [6.07, 6.45) is 1.64. The van der Waals surface area contributed by atoms with Gasteiger partial charge in [-0.25, -0.2) is 14.8 Å². The lowest BCUT2D eigenvalue weighted by atomic mass is 10.3. The van der Waals surface area contributed by atoms with E-state index in [4.69, 9.17) is 5.11 Å². The molecular weight excluding hydrogens is 220 g/mol. The second-order valence-electron chi connectivity index (χ2n) is 4.13. The van der Waals surface area contributed by atoms with Crippen LogP contribution < -0.4 is 5.32 Å². The molecule has 2 N–H and O–H groups in total. The van der Waals surface area contributed by atoms with Gasteiger partial charge in [0.1, 0.15) is 5.52 Å². The van der Waals surface area contributed by atoms with Crippen LogP contribution in [0.25, 0.3) is 11.2 Å². The fraction of sp³-hybridized carbons (Fsp3) is 0.364. The maximum absolute atomic E-state index is 11.0. The van der Waals surface area contributed by atoms with Gasteiger partial charge in [-0.2, -0.15) is 0 Å². The highest BCUT2D eigenvalue weighted by atomic mass is 16.4. The molecule has 0 amide bonds. The lowest BCUT2D eigenvalue weighted by molar-refractivity contribution is 0.0680. The molecule has 90 valence electrons. The molecular formula is C11H14N4O2. The number of nitrogens with one attached hydrogen (secondary N) is 1. The molecule has 0 aliphatic rings. The number of aromatic carboxylic acids is 1. The third-order valence-electron chi connectivity index (χ3n) is 2.39. The Labute approximate surface area is 98.3 Å². The number of hydrogen-bond acceptors (Lipinski definition) is 4. The standard InChI is InChI=1S/C11H14N4O2/c1-6(2)13-7-4-5-12-9-8(7)14-10(11(16)17)15(9)3/h4-6H,1-3H3,(H,12,13)(H,16,17). The van der Waals surface area contributed by atoms with Crippen LogP contribution in [0.1, 0.15) is 24.5 Å². The number of carbonyl (C=O) groups is 1. The Bertz CT molecular complexity index is 574. The molecule has 0 aliphatic heterocycles. The molecule has 0 aromatic carbocycles. The summed E-state index contributed by atoms with van der Waals surface area (Å²) in [6.45, 7) is 4.01. The van der Waals surface area contributed by atoms with E-state index in [9.17, 15) is 4.79 Å². The quantitative estimate of drug-likeness (QED) is 0.841. The molecule has 0 saturated heterocycles. The van der Waals surface area contributed by atoms with Crippen LogP contribution in [0.5, 0.6) is 0 Å². The van der Waals surface area contributed by atoms with Gasteiger partial charge in [0.25, 0.3) is 0 Å². The minimum Gasteiger partial charge on any atom is -0.475 e. The van der Waals surface area contributed by atoms with E-state index in [0.717, 1.165) is 5.69 Å². The second kappa shape index (κ2) is 4.04. The van der Waals surface area contributed by atoms with E-state index in [-0.39, 0.29) is 11.9 Å². The number of fused-ring (bicyclic) bond motifs is 1. The molecule has 17 heavy (non-hydrogen) atoms. The molecule has 2 aromatic heterocycles. The maximum atomic E-state index is 11.0. The zero-order chi connectivity index (χ0) is 12.6. The Hall–Kier alpha value is -2.11. The third-order valence-corrected chi connectivity index (χ3v) is 2.39. The number of hydrogen-bond donors (Lipinski definition) is 2. The molecule has 0 saturated carbocycles. The Morgan fingerprint density at radius 3 is 2.82 bits per heavy atom. The first-order valence-corrected chi connectivity index (χ1v) is 5.32.